The molecule has 0 amide bonds. The Hall–Kier alpha value is -9.96. The van der Waals surface area contributed by atoms with E-state index in [1.807, 2.05) is 0 Å². The van der Waals surface area contributed by atoms with Crippen molar-refractivity contribution in [2.45, 2.75) is 5.41 Å². The highest BCUT2D eigenvalue weighted by Gasteiger charge is 2.47. The van der Waals surface area contributed by atoms with E-state index in [1.54, 1.807) is 0 Å². The lowest BCUT2D eigenvalue weighted by Gasteiger charge is -2.35. The second kappa shape index (κ2) is 20.2. The van der Waals surface area contributed by atoms with Crippen molar-refractivity contribution in [3.05, 3.63) is 344 Å². The van der Waals surface area contributed by atoms with Gasteiger partial charge in [-0.25, -0.2) is 0 Å². The first kappa shape index (κ1) is 45.9. The number of anilines is 9. The van der Waals surface area contributed by atoms with E-state index in [0.29, 0.717) is 0 Å². The maximum Gasteiger partial charge on any atom is 0.0714 e. The van der Waals surface area contributed by atoms with Crippen LogP contribution in [0, 0.1) is 0 Å². The van der Waals surface area contributed by atoms with Crippen molar-refractivity contribution in [1.29, 1.82) is 0 Å². The molecule has 0 bridgehead atoms. The van der Waals surface area contributed by atoms with E-state index in [0.717, 1.165) is 62.3 Å². The average Bonchev–Trinajstić information content (AvgIpc) is 4.04. The fraction of sp³-hybridized carbons (Fsp3) is 0.0137. The molecule has 12 aromatic carbocycles. The summed E-state index contributed by atoms with van der Waals surface area (Å²) < 4.78 is 0. The molecule has 0 saturated heterocycles. The van der Waals surface area contributed by atoms with E-state index < -0.39 is 5.41 Å². The van der Waals surface area contributed by atoms with Crippen LogP contribution in [-0.4, -0.2) is 0 Å². The number of fused-ring (bicyclic) bond motifs is 3. The predicted molar refractivity (Wildman–Crippen MR) is 319 cm³/mol. The average molecular weight is 972 g/mol. The van der Waals surface area contributed by atoms with Crippen molar-refractivity contribution in [2.24, 2.45) is 0 Å². The highest BCUT2D eigenvalue weighted by atomic mass is 15.2. The summed E-state index contributed by atoms with van der Waals surface area (Å²) in [5, 5.41) is 0. The minimum absolute atomic E-state index is 0.659. The fourth-order valence-electron chi connectivity index (χ4n) is 11.6. The van der Waals surface area contributed by atoms with E-state index >= 15 is 0 Å². The lowest BCUT2D eigenvalue weighted by molar-refractivity contribution is 0.768. The SMILES string of the molecule is c1ccc(-c2cccc(N(c3cc(N(c4ccccc4)c4ccccc4)cc(N(c4ccccc4)c4ccccc4)c3)c3ccc4c(c3)C(c3ccccc3)(c3ccccc3)c3cccc(-c5ccccc5)c3-4)c2)cc1. The van der Waals surface area contributed by atoms with Gasteiger partial charge in [-0.05, 0) is 147 Å². The van der Waals surface area contributed by atoms with Crippen LogP contribution in [0.25, 0.3) is 33.4 Å². The zero-order chi connectivity index (χ0) is 50.7. The number of hydrogen-bond donors (Lipinski definition) is 0. The van der Waals surface area contributed by atoms with Gasteiger partial charge < -0.3 is 14.7 Å². The van der Waals surface area contributed by atoms with E-state index in [4.69, 9.17) is 0 Å². The summed E-state index contributed by atoms with van der Waals surface area (Å²) in [5.74, 6) is 0. The molecule has 0 spiro atoms. The van der Waals surface area contributed by atoms with Crippen LogP contribution in [0.15, 0.2) is 322 Å². The van der Waals surface area contributed by atoms with Gasteiger partial charge in [-0.2, -0.15) is 0 Å². The second-order valence-corrected chi connectivity index (χ2v) is 19.3. The molecule has 0 atom stereocenters. The summed E-state index contributed by atoms with van der Waals surface area (Å²) in [4.78, 5) is 7.23. The number of hydrogen-bond acceptors (Lipinski definition) is 3. The zero-order valence-corrected chi connectivity index (χ0v) is 41.9. The minimum Gasteiger partial charge on any atom is -0.310 e. The monoisotopic (exact) mass is 971 g/mol. The van der Waals surface area contributed by atoms with Crippen LogP contribution in [0.3, 0.4) is 0 Å². The predicted octanol–water partition coefficient (Wildman–Crippen LogP) is 19.8. The van der Waals surface area contributed by atoms with Gasteiger partial charge in [-0.3, -0.25) is 0 Å². The Morgan fingerprint density at radius 3 is 1.01 bits per heavy atom. The summed E-state index contributed by atoms with van der Waals surface area (Å²) in [5.41, 5.74) is 20.8. The summed E-state index contributed by atoms with van der Waals surface area (Å²) in [6, 6.07) is 117. The van der Waals surface area contributed by atoms with E-state index in [2.05, 4.69) is 336 Å². The molecule has 12 aromatic rings. The molecule has 3 nitrogen and oxygen atoms in total. The molecule has 0 radical (unpaired) electrons. The number of para-hydroxylation sites is 4. The third-order valence-corrected chi connectivity index (χ3v) is 14.8. The van der Waals surface area contributed by atoms with Gasteiger partial charge in [0.1, 0.15) is 0 Å². The largest absolute Gasteiger partial charge is 0.310 e. The van der Waals surface area contributed by atoms with Crippen LogP contribution in [0.5, 0.6) is 0 Å². The maximum atomic E-state index is 2.49. The fourth-order valence-corrected chi connectivity index (χ4v) is 11.6. The third kappa shape index (κ3) is 8.31. The summed E-state index contributed by atoms with van der Waals surface area (Å²) in [6.07, 6.45) is 0. The van der Waals surface area contributed by atoms with Gasteiger partial charge in [0.25, 0.3) is 0 Å². The van der Waals surface area contributed by atoms with Crippen LogP contribution < -0.4 is 14.7 Å². The molecule has 0 aliphatic heterocycles. The highest BCUT2D eigenvalue weighted by molar-refractivity contribution is 5.98. The lowest BCUT2D eigenvalue weighted by atomic mass is 9.67. The molecular formula is C73H53N3. The van der Waals surface area contributed by atoms with Crippen LogP contribution in [-0.2, 0) is 5.41 Å². The zero-order valence-electron chi connectivity index (χ0n) is 41.9. The van der Waals surface area contributed by atoms with Crippen molar-refractivity contribution < 1.29 is 0 Å². The second-order valence-electron chi connectivity index (χ2n) is 19.3. The van der Waals surface area contributed by atoms with E-state index in [1.165, 1.54) is 44.5 Å². The molecular weight excluding hydrogens is 919 g/mol. The van der Waals surface area contributed by atoms with Crippen molar-refractivity contribution in [2.75, 3.05) is 14.7 Å². The molecule has 0 heterocycles. The molecule has 0 N–H and O–H groups in total. The molecule has 76 heavy (non-hydrogen) atoms. The topological polar surface area (TPSA) is 9.72 Å². The normalized spacial score (nSPS) is 12.1. The van der Waals surface area contributed by atoms with E-state index in [-0.39, 0.29) is 0 Å². The molecule has 0 fully saturated rings. The van der Waals surface area contributed by atoms with Gasteiger partial charge in [0.2, 0.25) is 0 Å². The first-order chi connectivity index (χ1) is 37.7. The Morgan fingerprint density at radius 2 is 0.553 bits per heavy atom. The number of rotatable bonds is 13. The van der Waals surface area contributed by atoms with Gasteiger partial charge in [0, 0.05) is 34.1 Å². The summed E-state index contributed by atoms with van der Waals surface area (Å²) in [6.45, 7) is 0. The lowest BCUT2D eigenvalue weighted by Crippen LogP contribution is -2.28. The molecule has 0 saturated carbocycles. The third-order valence-electron chi connectivity index (χ3n) is 14.8. The highest BCUT2D eigenvalue weighted by Crippen LogP contribution is 2.59. The van der Waals surface area contributed by atoms with Crippen molar-refractivity contribution in [3.8, 4) is 33.4 Å². The quantitative estimate of drug-likeness (QED) is 0.114. The number of nitrogens with zero attached hydrogens (tertiary/aromatic N) is 3. The first-order valence-electron chi connectivity index (χ1n) is 26.1. The van der Waals surface area contributed by atoms with Crippen LogP contribution in [0.2, 0.25) is 0 Å². The van der Waals surface area contributed by atoms with Crippen molar-refractivity contribution in [3.63, 3.8) is 0 Å². The minimum atomic E-state index is -0.659. The van der Waals surface area contributed by atoms with Crippen LogP contribution in [0.1, 0.15) is 22.3 Å². The van der Waals surface area contributed by atoms with Crippen molar-refractivity contribution in [1.82, 2.24) is 0 Å². The molecule has 0 aromatic heterocycles. The Morgan fingerprint density at radius 1 is 0.197 bits per heavy atom. The Balaban J connectivity index is 1.13. The Kier molecular flexibility index (Phi) is 12.2. The molecule has 1 aliphatic carbocycles. The van der Waals surface area contributed by atoms with Gasteiger partial charge >= 0.3 is 0 Å². The van der Waals surface area contributed by atoms with Crippen molar-refractivity contribution >= 4 is 51.2 Å². The molecule has 360 valence electrons. The van der Waals surface area contributed by atoms with Crippen LogP contribution >= 0.6 is 0 Å². The standard InChI is InChI=1S/C73H53N3/c1-9-27-54(28-10-1)56-31-25-44-63(49-56)76(64-47-48-69-71(53-64)73(57-32-13-3-14-33-57,58-34-15-4-16-35-58)70-46-26-45-68(72(69)70)55-29-11-2-12-30-55)67-51-65(74(59-36-17-5-18-37-59)60-38-19-6-20-39-60)50-66(52-67)75(61-40-21-7-22-41-61)62-42-23-8-24-43-62/h1-53H. The summed E-state index contributed by atoms with van der Waals surface area (Å²) >= 11 is 0. The smallest absolute Gasteiger partial charge is 0.0714 e. The molecule has 3 heteroatoms. The summed E-state index contributed by atoms with van der Waals surface area (Å²) in [7, 11) is 0. The van der Waals surface area contributed by atoms with Gasteiger partial charge in [0.05, 0.1) is 22.5 Å². The Labute approximate surface area is 446 Å². The maximum absolute atomic E-state index is 2.49. The van der Waals surface area contributed by atoms with E-state index in [9.17, 15) is 0 Å². The van der Waals surface area contributed by atoms with Crippen LogP contribution in [0.4, 0.5) is 51.2 Å². The first-order valence-corrected chi connectivity index (χ1v) is 26.1. The Bertz CT molecular complexity index is 3690. The molecule has 13 rings (SSSR count). The van der Waals surface area contributed by atoms with Gasteiger partial charge in [-0.15, -0.1) is 0 Å². The number of benzene rings is 12. The van der Waals surface area contributed by atoms with Gasteiger partial charge in [-0.1, -0.05) is 231 Å². The van der Waals surface area contributed by atoms with Gasteiger partial charge in [0.15, 0.2) is 0 Å². The molecule has 1 aliphatic rings. The molecule has 0 unspecified atom stereocenters.